The number of rotatable bonds is 4. The Morgan fingerprint density at radius 1 is 1.11 bits per heavy atom. The maximum absolute atomic E-state index is 13.3. The van der Waals surface area contributed by atoms with Gasteiger partial charge in [0, 0.05) is 11.1 Å². The van der Waals surface area contributed by atoms with E-state index in [9.17, 15) is 9.18 Å². The molecule has 3 heteroatoms. The van der Waals surface area contributed by atoms with Crippen LogP contribution >= 0.6 is 0 Å². The third-order valence-electron chi connectivity index (χ3n) is 2.61. The molecule has 0 amide bonds. The first kappa shape index (κ1) is 12.3. The standard InChI is InChI=1S/C15H13FO2/c1-11(17)12-6-8-14(9-7-12)18-10-13-4-2-3-5-15(13)16/h2-9H,10H2,1H3. The van der Waals surface area contributed by atoms with Gasteiger partial charge in [0.2, 0.25) is 0 Å². The molecule has 18 heavy (non-hydrogen) atoms. The van der Waals surface area contributed by atoms with Gasteiger partial charge in [0.05, 0.1) is 0 Å². The van der Waals surface area contributed by atoms with E-state index in [0.29, 0.717) is 16.9 Å². The van der Waals surface area contributed by atoms with Crippen LogP contribution < -0.4 is 4.74 Å². The molecule has 0 heterocycles. The molecule has 0 aromatic heterocycles. The van der Waals surface area contributed by atoms with Gasteiger partial charge in [-0.05, 0) is 37.3 Å². The summed E-state index contributed by atoms with van der Waals surface area (Å²) >= 11 is 0. The maximum Gasteiger partial charge on any atom is 0.159 e. The molecule has 0 fully saturated rings. The van der Waals surface area contributed by atoms with Crippen LogP contribution in [0.1, 0.15) is 22.8 Å². The van der Waals surface area contributed by atoms with Gasteiger partial charge >= 0.3 is 0 Å². The first-order chi connectivity index (χ1) is 8.66. The molecule has 2 nitrogen and oxygen atoms in total. The van der Waals surface area contributed by atoms with Gasteiger partial charge in [-0.2, -0.15) is 0 Å². The van der Waals surface area contributed by atoms with E-state index in [1.165, 1.54) is 13.0 Å². The predicted octanol–water partition coefficient (Wildman–Crippen LogP) is 3.61. The molecule has 0 aliphatic heterocycles. The number of ketones is 1. The fourth-order valence-corrected chi connectivity index (χ4v) is 1.56. The summed E-state index contributed by atoms with van der Waals surface area (Å²) in [6.45, 7) is 1.68. The summed E-state index contributed by atoms with van der Waals surface area (Å²) < 4.78 is 18.8. The first-order valence-corrected chi connectivity index (χ1v) is 5.64. The van der Waals surface area contributed by atoms with Gasteiger partial charge < -0.3 is 4.74 Å². The van der Waals surface area contributed by atoms with Crippen molar-refractivity contribution in [1.29, 1.82) is 0 Å². The van der Waals surface area contributed by atoms with Gasteiger partial charge in [-0.25, -0.2) is 4.39 Å². The molecule has 2 aromatic rings. The highest BCUT2D eigenvalue weighted by atomic mass is 19.1. The number of carbonyl (C=O) groups is 1. The lowest BCUT2D eigenvalue weighted by Crippen LogP contribution is -1.98. The number of hydrogen-bond acceptors (Lipinski definition) is 2. The highest BCUT2D eigenvalue weighted by molar-refractivity contribution is 5.94. The molecular formula is C15H13FO2. The smallest absolute Gasteiger partial charge is 0.159 e. The van der Waals surface area contributed by atoms with Gasteiger partial charge in [0.15, 0.2) is 5.78 Å². The number of carbonyl (C=O) groups excluding carboxylic acids is 1. The Morgan fingerprint density at radius 2 is 1.78 bits per heavy atom. The van der Waals surface area contributed by atoms with Crippen LogP contribution in [0.3, 0.4) is 0 Å². The molecule has 0 aliphatic rings. The van der Waals surface area contributed by atoms with E-state index in [-0.39, 0.29) is 18.2 Å². The molecule has 2 rings (SSSR count). The third kappa shape index (κ3) is 2.94. The van der Waals surface area contributed by atoms with E-state index in [1.54, 1.807) is 42.5 Å². The van der Waals surface area contributed by atoms with Gasteiger partial charge in [-0.1, -0.05) is 18.2 Å². The van der Waals surface area contributed by atoms with E-state index in [2.05, 4.69) is 0 Å². The molecule has 0 spiro atoms. The average Bonchev–Trinajstić information content (AvgIpc) is 2.38. The molecule has 0 atom stereocenters. The molecule has 2 aromatic carbocycles. The minimum Gasteiger partial charge on any atom is -0.489 e. The summed E-state index contributed by atoms with van der Waals surface area (Å²) in [6.07, 6.45) is 0. The highest BCUT2D eigenvalue weighted by Gasteiger charge is 2.03. The van der Waals surface area contributed by atoms with Crippen molar-refractivity contribution < 1.29 is 13.9 Å². The molecular weight excluding hydrogens is 231 g/mol. The monoisotopic (exact) mass is 244 g/mol. The topological polar surface area (TPSA) is 26.3 Å². The zero-order chi connectivity index (χ0) is 13.0. The van der Waals surface area contributed by atoms with Crippen molar-refractivity contribution in [1.82, 2.24) is 0 Å². The number of ether oxygens (including phenoxy) is 1. The van der Waals surface area contributed by atoms with E-state index in [4.69, 9.17) is 4.74 Å². The van der Waals surface area contributed by atoms with Gasteiger partial charge in [-0.15, -0.1) is 0 Å². The van der Waals surface area contributed by atoms with Crippen molar-refractivity contribution >= 4 is 5.78 Å². The lowest BCUT2D eigenvalue weighted by atomic mass is 10.1. The van der Waals surface area contributed by atoms with Gasteiger partial charge in [0.1, 0.15) is 18.2 Å². The van der Waals surface area contributed by atoms with E-state index < -0.39 is 0 Å². The molecule has 0 bridgehead atoms. The first-order valence-electron chi connectivity index (χ1n) is 5.64. The lowest BCUT2D eigenvalue weighted by Gasteiger charge is -2.07. The van der Waals surface area contributed by atoms with E-state index in [0.717, 1.165) is 0 Å². The fraction of sp³-hybridized carbons (Fsp3) is 0.133. The van der Waals surface area contributed by atoms with Crippen LogP contribution in [-0.4, -0.2) is 5.78 Å². The Bertz CT molecular complexity index is 547. The average molecular weight is 244 g/mol. The van der Waals surface area contributed by atoms with Crippen molar-refractivity contribution in [2.24, 2.45) is 0 Å². The Labute approximate surface area is 105 Å². The summed E-state index contributed by atoms with van der Waals surface area (Å²) in [4.78, 5) is 11.1. The van der Waals surface area contributed by atoms with Crippen LogP contribution in [0.25, 0.3) is 0 Å². The summed E-state index contributed by atoms with van der Waals surface area (Å²) in [5, 5.41) is 0. The van der Waals surface area contributed by atoms with Crippen molar-refractivity contribution in [2.75, 3.05) is 0 Å². The van der Waals surface area contributed by atoms with Crippen LogP contribution in [0, 0.1) is 5.82 Å². The molecule has 0 unspecified atom stereocenters. The summed E-state index contributed by atoms with van der Waals surface area (Å²) in [5.74, 6) is 0.344. The maximum atomic E-state index is 13.3. The second-order valence-corrected chi connectivity index (χ2v) is 3.96. The number of halogens is 1. The van der Waals surface area contributed by atoms with Crippen LogP contribution in [0.15, 0.2) is 48.5 Å². The largest absolute Gasteiger partial charge is 0.489 e. The SMILES string of the molecule is CC(=O)c1ccc(OCc2ccccc2F)cc1. The summed E-state index contributed by atoms with van der Waals surface area (Å²) in [6, 6.07) is 13.3. The minimum atomic E-state index is -0.280. The fourth-order valence-electron chi connectivity index (χ4n) is 1.56. The van der Waals surface area contributed by atoms with Gasteiger partial charge in [-0.3, -0.25) is 4.79 Å². The summed E-state index contributed by atoms with van der Waals surface area (Å²) in [7, 11) is 0. The predicted molar refractivity (Wildman–Crippen MR) is 67.2 cm³/mol. The zero-order valence-corrected chi connectivity index (χ0v) is 10.0. The van der Waals surface area contributed by atoms with Gasteiger partial charge in [0.25, 0.3) is 0 Å². The van der Waals surface area contributed by atoms with Crippen LogP contribution in [0.2, 0.25) is 0 Å². The number of benzene rings is 2. The van der Waals surface area contributed by atoms with E-state index in [1.807, 2.05) is 0 Å². The highest BCUT2D eigenvalue weighted by Crippen LogP contribution is 2.15. The summed E-state index contributed by atoms with van der Waals surface area (Å²) in [5.41, 5.74) is 1.14. The van der Waals surface area contributed by atoms with Crippen molar-refractivity contribution in [3.05, 3.63) is 65.5 Å². The molecule has 0 saturated heterocycles. The Balaban J connectivity index is 2.02. The Morgan fingerprint density at radius 3 is 2.39 bits per heavy atom. The second-order valence-electron chi connectivity index (χ2n) is 3.96. The number of Topliss-reactive ketones (excluding diaryl/α,β-unsaturated/α-hetero) is 1. The Hall–Kier alpha value is -2.16. The third-order valence-corrected chi connectivity index (χ3v) is 2.61. The van der Waals surface area contributed by atoms with Crippen LogP contribution in [0.4, 0.5) is 4.39 Å². The molecule has 0 N–H and O–H groups in total. The van der Waals surface area contributed by atoms with E-state index >= 15 is 0 Å². The van der Waals surface area contributed by atoms with Crippen LogP contribution in [-0.2, 0) is 6.61 Å². The zero-order valence-electron chi connectivity index (χ0n) is 10.0. The molecule has 0 radical (unpaired) electrons. The van der Waals surface area contributed by atoms with Crippen molar-refractivity contribution in [3.8, 4) is 5.75 Å². The Kier molecular flexibility index (Phi) is 3.72. The quantitative estimate of drug-likeness (QED) is 0.768. The van der Waals surface area contributed by atoms with Crippen molar-refractivity contribution in [2.45, 2.75) is 13.5 Å². The number of hydrogen-bond donors (Lipinski definition) is 0. The minimum absolute atomic E-state index is 0.00986. The molecule has 0 saturated carbocycles. The normalized spacial score (nSPS) is 10.1. The lowest BCUT2D eigenvalue weighted by molar-refractivity contribution is 0.101. The molecule has 92 valence electrons. The second kappa shape index (κ2) is 5.45. The van der Waals surface area contributed by atoms with Crippen LogP contribution in [0.5, 0.6) is 5.75 Å². The van der Waals surface area contributed by atoms with Crippen molar-refractivity contribution in [3.63, 3.8) is 0 Å². The molecule has 0 aliphatic carbocycles.